The van der Waals surface area contributed by atoms with Gasteiger partial charge in [0, 0.05) is 26.8 Å². The minimum Gasteiger partial charge on any atom is -0.309 e. The highest BCUT2D eigenvalue weighted by molar-refractivity contribution is 6.34. The van der Waals surface area contributed by atoms with Gasteiger partial charge >= 0.3 is 0 Å². The average Bonchev–Trinajstić information content (AvgIpc) is 3.39. The summed E-state index contributed by atoms with van der Waals surface area (Å²) < 4.78 is 2.57. The van der Waals surface area contributed by atoms with Crippen LogP contribution in [0.5, 0.6) is 0 Å². The fourth-order valence-electron chi connectivity index (χ4n) is 9.60. The third-order valence-electron chi connectivity index (χ3n) is 10.4. The van der Waals surface area contributed by atoms with Gasteiger partial charge in [-0.3, -0.25) is 0 Å². The number of aromatic nitrogens is 1. The molecule has 0 atom stereocenters. The first kappa shape index (κ1) is 20.1. The van der Waals surface area contributed by atoms with Crippen molar-refractivity contribution >= 4 is 33.4 Å². The Labute approximate surface area is 216 Å². The molecule has 2 heteroatoms. The Morgan fingerprint density at radius 2 is 1.25 bits per heavy atom. The van der Waals surface area contributed by atoms with Crippen molar-refractivity contribution in [1.29, 1.82) is 0 Å². The number of halogens is 1. The van der Waals surface area contributed by atoms with E-state index in [0.717, 1.165) is 16.9 Å². The highest BCUT2D eigenvalue weighted by Gasteiger charge is 2.62. The maximum absolute atomic E-state index is 7.05. The summed E-state index contributed by atoms with van der Waals surface area (Å²) in [4.78, 5) is 0. The molecule has 4 fully saturated rings. The Kier molecular flexibility index (Phi) is 3.81. The molecule has 36 heavy (non-hydrogen) atoms. The van der Waals surface area contributed by atoms with Gasteiger partial charge in [0.1, 0.15) is 0 Å². The van der Waals surface area contributed by atoms with Gasteiger partial charge in [0.15, 0.2) is 0 Å². The first-order valence-corrected chi connectivity index (χ1v) is 14.0. The topological polar surface area (TPSA) is 4.93 Å². The Morgan fingerprint density at radius 3 is 1.92 bits per heavy atom. The van der Waals surface area contributed by atoms with E-state index in [-0.39, 0.29) is 5.41 Å². The Hall–Kier alpha value is -3.03. The molecule has 0 aliphatic heterocycles. The molecule has 1 aromatic heterocycles. The molecule has 0 N–H and O–H groups in total. The molecule has 0 radical (unpaired) electrons. The molecule has 4 aromatic carbocycles. The van der Waals surface area contributed by atoms with Gasteiger partial charge in [0.05, 0.1) is 16.7 Å². The highest BCUT2D eigenvalue weighted by Crippen LogP contribution is 2.70. The molecule has 1 heterocycles. The van der Waals surface area contributed by atoms with Crippen LogP contribution in [0.1, 0.15) is 43.2 Å². The van der Waals surface area contributed by atoms with Gasteiger partial charge in [-0.1, -0.05) is 72.3 Å². The standard InChI is InChI=1S/C34H28ClN/c35-28-11-6-10-27-32(28)26-9-5-14-31(33(26)34(27)22-16-20-15-21(18-22)19-23(34)17-20)36-29-12-3-1-7-24(29)25-8-2-4-13-30(25)36/h1-14,20-23H,15-19H2. The number of benzene rings is 4. The largest absolute Gasteiger partial charge is 0.309 e. The van der Waals surface area contributed by atoms with Gasteiger partial charge in [-0.15, -0.1) is 0 Å². The molecule has 176 valence electrons. The van der Waals surface area contributed by atoms with E-state index >= 15 is 0 Å². The lowest BCUT2D eigenvalue weighted by Gasteiger charge is -2.61. The van der Waals surface area contributed by atoms with Gasteiger partial charge in [-0.2, -0.15) is 0 Å². The molecular formula is C34H28ClN. The molecule has 1 nitrogen and oxygen atoms in total. The summed E-state index contributed by atoms with van der Waals surface area (Å²) in [6.45, 7) is 0. The molecule has 4 bridgehead atoms. The van der Waals surface area contributed by atoms with Crippen LogP contribution in [0, 0.1) is 23.7 Å². The average molecular weight is 486 g/mol. The zero-order valence-electron chi connectivity index (χ0n) is 20.3. The van der Waals surface area contributed by atoms with Crippen LogP contribution in [0.15, 0.2) is 84.9 Å². The van der Waals surface area contributed by atoms with Crippen molar-refractivity contribution in [1.82, 2.24) is 4.57 Å². The van der Waals surface area contributed by atoms with E-state index in [1.807, 2.05) is 0 Å². The van der Waals surface area contributed by atoms with E-state index in [4.69, 9.17) is 11.6 Å². The zero-order chi connectivity index (χ0) is 23.6. The zero-order valence-corrected chi connectivity index (χ0v) is 21.0. The molecule has 0 amide bonds. The number of para-hydroxylation sites is 2. The molecule has 10 rings (SSSR count). The van der Waals surface area contributed by atoms with Crippen LogP contribution in [0.3, 0.4) is 0 Å². The lowest BCUT2D eigenvalue weighted by Crippen LogP contribution is -2.55. The van der Waals surface area contributed by atoms with Crippen LogP contribution in [0.25, 0.3) is 38.6 Å². The first-order chi connectivity index (χ1) is 17.7. The predicted molar refractivity (Wildman–Crippen MR) is 149 cm³/mol. The number of hydrogen-bond acceptors (Lipinski definition) is 0. The van der Waals surface area contributed by atoms with E-state index in [9.17, 15) is 0 Å². The monoisotopic (exact) mass is 485 g/mol. The SMILES string of the molecule is Clc1cccc2c1-c1cccc(-n3c4ccccc4c4ccccc43)c1C21C2CC3CC(C2)CC1C3. The first-order valence-electron chi connectivity index (χ1n) is 13.7. The molecule has 5 aromatic rings. The molecule has 4 saturated carbocycles. The smallest absolute Gasteiger partial charge is 0.0541 e. The van der Waals surface area contributed by atoms with Crippen molar-refractivity contribution in [3.05, 3.63) is 101 Å². The third kappa shape index (κ3) is 2.26. The number of hydrogen-bond donors (Lipinski definition) is 0. The van der Waals surface area contributed by atoms with Crippen molar-refractivity contribution in [3.8, 4) is 16.8 Å². The molecule has 5 aliphatic carbocycles. The number of fused-ring (bicyclic) bond motifs is 6. The van der Waals surface area contributed by atoms with Gasteiger partial charge in [-0.25, -0.2) is 0 Å². The summed E-state index contributed by atoms with van der Waals surface area (Å²) in [6, 6.07) is 31.6. The van der Waals surface area contributed by atoms with Crippen LogP contribution in [-0.2, 0) is 5.41 Å². The number of nitrogens with zero attached hydrogens (tertiary/aromatic N) is 1. The Bertz CT molecular complexity index is 1640. The molecule has 0 saturated heterocycles. The second kappa shape index (κ2) is 6.84. The lowest BCUT2D eigenvalue weighted by atomic mass is 9.43. The second-order valence-electron chi connectivity index (χ2n) is 11.9. The van der Waals surface area contributed by atoms with Gasteiger partial charge in [-0.05, 0) is 96.7 Å². The van der Waals surface area contributed by atoms with Crippen molar-refractivity contribution in [3.63, 3.8) is 0 Å². The van der Waals surface area contributed by atoms with Crippen molar-refractivity contribution in [2.45, 2.75) is 37.5 Å². The van der Waals surface area contributed by atoms with Crippen molar-refractivity contribution < 1.29 is 0 Å². The maximum Gasteiger partial charge on any atom is 0.0541 e. The van der Waals surface area contributed by atoms with Gasteiger partial charge in [0.2, 0.25) is 0 Å². The summed E-state index contributed by atoms with van der Waals surface area (Å²) >= 11 is 7.05. The Morgan fingerprint density at radius 1 is 0.639 bits per heavy atom. The number of rotatable bonds is 1. The summed E-state index contributed by atoms with van der Waals surface area (Å²) in [5.74, 6) is 3.26. The van der Waals surface area contributed by atoms with E-state index in [2.05, 4.69) is 89.5 Å². The highest BCUT2D eigenvalue weighted by atomic mass is 35.5. The molecule has 0 unspecified atom stereocenters. The van der Waals surface area contributed by atoms with E-state index in [0.29, 0.717) is 11.8 Å². The van der Waals surface area contributed by atoms with Crippen LogP contribution < -0.4 is 0 Å². The maximum atomic E-state index is 7.05. The van der Waals surface area contributed by atoms with E-state index in [1.54, 1.807) is 5.56 Å². The fourth-order valence-corrected chi connectivity index (χ4v) is 9.88. The summed E-state index contributed by atoms with van der Waals surface area (Å²) in [5, 5.41) is 3.58. The van der Waals surface area contributed by atoms with Crippen LogP contribution >= 0.6 is 11.6 Å². The molecule has 5 aliphatic rings. The van der Waals surface area contributed by atoms with Gasteiger partial charge < -0.3 is 4.57 Å². The van der Waals surface area contributed by atoms with Crippen molar-refractivity contribution in [2.24, 2.45) is 23.7 Å². The van der Waals surface area contributed by atoms with E-state index < -0.39 is 0 Å². The molecular weight excluding hydrogens is 458 g/mol. The molecule has 1 spiro atoms. The fraction of sp³-hybridized carbons (Fsp3) is 0.294. The van der Waals surface area contributed by atoms with Crippen molar-refractivity contribution in [2.75, 3.05) is 0 Å². The minimum atomic E-state index is 0.0755. The third-order valence-corrected chi connectivity index (χ3v) is 10.7. The minimum absolute atomic E-state index is 0.0755. The summed E-state index contributed by atoms with van der Waals surface area (Å²) in [6.07, 6.45) is 6.96. The van der Waals surface area contributed by atoms with Crippen LogP contribution in [0.4, 0.5) is 0 Å². The second-order valence-corrected chi connectivity index (χ2v) is 12.3. The summed E-state index contributed by atoms with van der Waals surface area (Å²) in [5.41, 5.74) is 9.81. The van der Waals surface area contributed by atoms with Crippen LogP contribution in [0.2, 0.25) is 5.02 Å². The lowest BCUT2D eigenvalue weighted by molar-refractivity contribution is -0.0399. The normalized spacial score (nSPS) is 29.4. The van der Waals surface area contributed by atoms with E-state index in [1.165, 1.54) is 76.3 Å². The summed E-state index contributed by atoms with van der Waals surface area (Å²) in [7, 11) is 0. The van der Waals surface area contributed by atoms with Crippen LogP contribution in [-0.4, -0.2) is 4.57 Å². The predicted octanol–water partition coefficient (Wildman–Crippen LogP) is 9.16. The van der Waals surface area contributed by atoms with Gasteiger partial charge in [0.25, 0.3) is 0 Å². The Balaban J connectivity index is 1.44. The quantitative estimate of drug-likeness (QED) is 0.223.